The van der Waals surface area contributed by atoms with Crippen LogP contribution in [-0.4, -0.2) is 62.9 Å². The van der Waals surface area contributed by atoms with Gasteiger partial charge in [0, 0.05) is 30.8 Å². The van der Waals surface area contributed by atoms with E-state index in [1.165, 1.54) is 24.1 Å². The largest absolute Gasteiger partial charge is 0.480 e. The van der Waals surface area contributed by atoms with E-state index in [0.29, 0.717) is 23.1 Å². The van der Waals surface area contributed by atoms with Gasteiger partial charge in [0.25, 0.3) is 11.8 Å². The van der Waals surface area contributed by atoms with Gasteiger partial charge in [-0.25, -0.2) is 4.68 Å². The molecule has 1 aromatic carbocycles. The number of aromatic nitrogens is 4. The number of benzene rings is 1. The van der Waals surface area contributed by atoms with Crippen molar-refractivity contribution in [2.45, 2.75) is 25.1 Å². The van der Waals surface area contributed by atoms with Gasteiger partial charge in [0.1, 0.15) is 0 Å². The average molecular weight is 474 g/mol. The third-order valence-corrected chi connectivity index (χ3v) is 5.47. The molecular weight excluding hydrogens is 453 g/mol. The summed E-state index contributed by atoms with van der Waals surface area (Å²) in [5.41, 5.74) is -1.28. The first-order chi connectivity index (χ1) is 16.3. The summed E-state index contributed by atoms with van der Waals surface area (Å²) in [6.07, 6.45) is -3.13. The summed E-state index contributed by atoms with van der Waals surface area (Å²) in [7, 11) is 1.35. The molecule has 34 heavy (non-hydrogen) atoms. The number of likely N-dealkylation sites (tertiary alicyclic amines) is 1. The van der Waals surface area contributed by atoms with Crippen LogP contribution in [0.1, 0.15) is 39.3 Å². The van der Waals surface area contributed by atoms with E-state index in [1.807, 2.05) is 0 Å². The molecule has 178 valence electrons. The molecule has 1 aliphatic heterocycles. The third kappa shape index (κ3) is 4.85. The molecule has 3 heterocycles. The lowest BCUT2D eigenvalue weighted by Crippen LogP contribution is -2.46. The van der Waals surface area contributed by atoms with Crippen LogP contribution in [0.4, 0.5) is 13.2 Å². The van der Waals surface area contributed by atoms with Gasteiger partial charge in [-0.05, 0) is 31.0 Å². The van der Waals surface area contributed by atoms with Gasteiger partial charge >= 0.3 is 6.18 Å². The molecule has 4 rings (SSSR count). The molecule has 2 amide bonds. The number of alkyl halides is 3. The van der Waals surface area contributed by atoms with Crippen molar-refractivity contribution in [1.29, 1.82) is 0 Å². The van der Waals surface area contributed by atoms with Crippen molar-refractivity contribution in [3.05, 3.63) is 65.5 Å². The smallest absolute Gasteiger partial charge is 0.434 e. The van der Waals surface area contributed by atoms with E-state index < -0.39 is 23.3 Å². The van der Waals surface area contributed by atoms with Gasteiger partial charge < -0.3 is 15.0 Å². The topological polar surface area (TPSA) is 102 Å². The van der Waals surface area contributed by atoms with Gasteiger partial charge in [0.2, 0.25) is 5.88 Å². The molecule has 0 spiro atoms. The average Bonchev–Trinajstić information content (AvgIpc) is 3.31. The van der Waals surface area contributed by atoms with Crippen molar-refractivity contribution in [2.75, 3.05) is 20.2 Å². The van der Waals surface area contributed by atoms with Crippen molar-refractivity contribution >= 4 is 11.8 Å². The van der Waals surface area contributed by atoms with Gasteiger partial charge in [0.15, 0.2) is 11.5 Å². The van der Waals surface area contributed by atoms with Crippen LogP contribution in [0.15, 0.2) is 48.7 Å². The number of hydrogen-bond acceptors (Lipinski definition) is 6. The molecule has 1 saturated heterocycles. The molecule has 12 heteroatoms. The maximum absolute atomic E-state index is 13.9. The van der Waals surface area contributed by atoms with Crippen LogP contribution in [0.25, 0.3) is 5.82 Å². The fourth-order valence-electron chi connectivity index (χ4n) is 3.74. The third-order valence-electron chi connectivity index (χ3n) is 5.47. The fraction of sp³-hybridized carbons (Fsp3) is 0.318. The van der Waals surface area contributed by atoms with Gasteiger partial charge in [0.05, 0.1) is 18.9 Å². The maximum atomic E-state index is 13.9. The summed E-state index contributed by atoms with van der Waals surface area (Å²) in [4.78, 5) is 26.7. The number of rotatable bonds is 5. The Labute approximate surface area is 192 Å². The second-order valence-electron chi connectivity index (χ2n) is 7.66. The molecular formula is C22H21F3N6O3. The molecule has 0 atom stereocenters. The van der Waals surface area contributed by atoms with Crippen LogP contribution in [0.3, 0.4) is 0 Å². The number of amides is 2. The van der Waals surface area contributed by atoms with Gasteiger partial charge in [-0.3, -0.25) is 9.59 Å². The van der Waals surface area contributed by atoms with Gasteiger partial charge in [-0.15, -0.1) is 10.2 Å². The molecule has 0 bridgehead atoms. The zero-order valence-corrected chi connectivity index (χ0v) is 18.1. The van der Waals surface area contributed by atoms with E-state index in [9.17, 15) is 22.8 Å². The first-order valence-electron chi connectivity index (χ1n) is 10.5. The highest BCUT2D eigenvalue weighted by Crippen LogP contribution is 2.34. The standard InChI is InChI=1S/C22H21F3N6O3/c1-34-18-8-7-17(28-29-18)31-19(22(23,24)25)16(13-26-31)21(33)30-11-9-15(10-12-30)27-20(32)14-5-3-2-4-6-14/h2-8,13,15H,9-12H2,1H3,(H,27,32). The van der Waals surface area contributed by atoms with Crippen LogP contribution in [0.5, 0.6) is 5.88 Å². The van der Waals surface area contributed by atoms with E-state index in [-0.39, 0.29) is 36.7 Å². The number of nitrogens with zero attached hydrogens (tertiary/aromatic N) is 5. The lowest BCUT2D eigenvalue weighted by atomic mass is 10.0. The van der Waals surface area contributed by atoms with Gasteiger partial charge in [-0.2, -0.15) is 18.3 Å². The highest BCUT2D eigenvalue weighted by Gasteiger charge is 2.42. The Morgan fingerprint density at radius 3 is 2.35 bits per heavy atom. The number of carbonyl (C=O) groups is 2. The Kier molecular flexibility index (Phi) is 6.48. The second kappa shape index (κ2) is 9.49. The molecule has 1 fully saturated rings. The van der Waals surface area contributed by atoms with Crippen molar-refractivity contribution in [3.8, 4) is 11.7 Å². The Morgan fingerprint density at radius 2 is 1.76 bits per heavy atom. The minimum absolute atomic E-state index is 0.128. The quantitative estimate of drug-likeness (QED) is 0.610. The van der Waals surface area contributed by atoms with Crippen molar-refractivity contribution in [2.24, 2.45) is 0 Å². The normalized spacial score (nSPS) is 14.6. The van der Waals surface area contributed by atoms with Gasteiger partial charge in [-0.1, -0.05) is 18.2 Å². The molecule has 1 N–H and O–H groups in total. The predicted molar refractivity (Wildman–Crippen MR) is 114 cm³/mol. The highest BCUT2D eigenvalue weighted by atomic mass is 19.4. The number of methoxy groups -OCH3 is 1. The number of halogens is 3. The fourth-order valence-corrected chi connectivity index (χ4v) is 3.74. The number of hydrogen-bond donors (Lipinski definition) is 1. The van der Waals surface area contributed by atoms with Crippen molar-refractivity contribution in [1.82, 2.24) is 30.2 Å². The number of ether oxygens (including phenoxy) is 1. The van der Waals surface area contributed by atoms with E-state index in [4.69, 9.17) is 4.74 Å². The van der Waals surface area contributed by atoms with Crippen molar-refractivity contribution < 1.29 is 27.5 Å². The maximum Gasteiger partial charge on any atom is 0.434 e. The summed E-state index contributed by atoms with van der Waals surface area (Å²) in [5.74, 6) is -1.09. The summed E-state index contributed by atoms with van der Waals surface area (Å²) in [5, 5.41) is 14.0. The Hall–Kier alpha value is -3.96. The lowest BCUT2D eigenvalue weighted by molar-refractivity contribution is -0.143. The summed E-state index contributed by atoms with van der Waals surface area (Å²) in [6.45, 7) is 0.396. The second-order valence-corrected chi connectivity index (χ2v) is 7.66. The molecule has 3 aromatic rings. The van der Waals surface area contributed by atoms with E-state index >= 15 is 0 Å². The zero-order chi connectivity index (χ0) is 24.3. The minimum Gasteiger partial charge on any atom is -0.480 e. The molecule has 1 aliphatic rings. The number of nitrogens with one attached hydrogen (secondary N) is 1. The minimum atomic E-state index is -4.86. The first-order valence-corrected chi connectivity index (χ1v) is 10.5. The van der Waals surface area contributed by atoms with Crippen molar-refractivity contribution in [3.63, 3.8) is 0 Å². The van der Waals surface area contributed by atoms with E-state index in [2.05, 4.69) is 20.6 Å². The molecule has 0 saturated carbocycles. The summed E-state index contributed by atoms with van der Waals surface area (Å²) in [6, 6.07) is 11.1. The predicted octanol–water partition coefficient (Wildman–Crippen LogP) is 2.72. The van der Waals surface area contributed by atoms with Crippen LogP contribution in [0.2, 0.25) is 0 Å². The first kappa shape index (κ1) is 23.2. The Morgan fingerprint density at radius 1 is 1.06 bits per heavy atom. The number of carbonyl (C=O) groups excluding carboxylic acids is 2. The lowest BCUT2D eigenvalue weighted by Gasteiger charge is -2.32. The van der Waals surface area contributed by atoms with E-state index in [0.717, 1.165) is 6.20 Å². The van der Waals surface area contributed by atoms with Crippen LogP contribution in [-0.2, 0) is 6.18 Å². The van der Waals surface area contributed by atoms with Crippen LogP contribution < -0.4 is 10.1 Å². The molecule has 0 radical (unpaired) electrons. The van der Waals surface area contributed by atoms with E-state index in [1.54, 1.807) is 30.3 Å². The van der Waals surface area contributed by atoms with Crippen LogP contribution >= 0.6 is 0 Å². The molecule has 0 aliphatic carbocycles. The monoisotopic (exact) mass is 474 g/mol. The number of piperidine rings is 1. The summed E-state index contributed by atoms with van der Waals surface area (Å²) >= 11 is 0. The molecule has 0 unspecified atom stereocenters. The Balaban J connectivity index is 1.48. The zero-order valence-electron chi connectivity index (χ0n) is 18.1. The SMILES string of the molecule is COc1ccc(-n2ncc(C(=O)N3CCC(NC(=O)c4ccccc4)CC3)c2C(F)(F)F)nn1. The Bertz CT molecular complexity index is 1160. The summed E-state index contributed by atoms with van der Waals surface area (Å²) < 4.78 is 47.2. The highest BCUT2D eigenvalue weighted by molar-refractivity contribution is 5.96. The molecule has 2 aromatic heterocycles. The van der Waals surface area contributed by atoms with Crippen LogP contribution in [0, 0.1) is 0 Å². The molecule has 9 nitrogen and oxygen atoms in total.